The van der Waals surface area contributed by atoms with Gasteiger partial charge in [-0.25, -0.2) is 9.18 Å². The molecule has 2 rings (SSSR count). The molecule has 20 heavy (non-hydrogen) atoms. The van der Waals surface area contributed by atoms with Crippen LogP contribution in [-0.2, 0) is 14.9 Å². The molecule has 1 saturated heterocycles. The monoisotopic (exact) mass is 304 g/mol. The zero-order chi connectivity index (χ0) is 14.8. The van der Waals surface area contributed by atoms with Gasteiger partial charge in [0.1, 0.15) is 5.82 Å². The topological polar surface area (TPSA) is 95.9 Å². The zero-order valence-corrected chi connectivity index (χ0v) is 11.2. The predicted octanol–water partition coefficient (Wildman–Crippen LogP) is 0.513. The van der Waals surface area contributed by atoms with E-state index >= 15 is 0 Å². The molecule has 0 saturated carbocycles. The van der Waals surface area contributed by atoms with Gasteiger partial charge in [-0.05, 0) is 18.2 Å². The fourth-order valence-corrected chi connectivity index (χ4v) is 2.92. The van der Waals surface area contributed by atoms with Gasteiger partial charge >= 0.3 is 16.2 Å². The van der Waals surface area contributed by atoms with Crippen molar-refractivity contribution < 1.29 is 27.4 Å². The van der Waals surface area contributed by atoms with Gasteiger partial charge in [-0.15, -0.1) is 0 Å². The van der Waals surface area contributed by atoms with Gasteiger partial charge in [0.25, 0.3) is 0 Å². The van der Waals surface area contributed by atoms with Crippen molar-refractivity contribution in [2.24, 2.45) is 0 Å². The summed E-state index contributed by atoms with van der Waals surface area (Å²) in [5, 5.41) is 8.82. The van der Waals surface area contributed by atoms with Crippen LogP contribution in [0, 0.1) is 5.82 Å². The van der Waals surface area contributed by atoms with Gasteiger partial charge in [0, 0.05) is 13.1 Å². The van der Waals surface area contributed by atoms with Crippen molar-refractivity contribution in [2.45, 2.75) is 0 Å². The Labute approximate surface area is 115 Å². The molecule has 0 aliphatic carbocycles. The normalized spacial score (nSPS) is 16.9. The van der Waals surface area contributed by atoms with E-state index in [1.54, 1.807) is 0 Å². The van der Waals surface area contributed by atoms with Crippen molar-refractivity contribution in [1.82, 2.24) is 4.31 Å². The van der Waals surface area contributed by atoms with E-state index in [9.17, 15) is 17.6 Å². The number of morpholine rings is 1. The molecule has 1 fully saturated rings. The number of nitrogens with one attached hydrogen (secondary N) is 1. The maximum absolute atomic E-state index is 13.6. The molecular weight excluding hydrogens is 291 g/mol. The lowest BCUT2D eigenvalue weighted by Gasteiger charge is -2.26. The van der Waals surface area contributed by atoms with Crippen molar-refractivity contribution in [1.29, 1.82) is 0 Å². The highest BCUT2D eigenvalue weighted by Crippen LogP contribution is 2.19. The van der Waals surface area contributed by atoms with Crippen LogP contribution in [-0.4, -0.2) is 50.1 Å². The Balaban J connectivity index is 2.24. The second-order valence-corrected chi connectivity index (χ2v) is 5.79. The molecular formula is C11H13FN2O5S. The van der Waals surface area contributed by atoms with Crippen LogP contribution in [0.15, 0.2) is 18.2 Å². The molecule has 0 unspecified atom stereocenters. The molecule has 1 aromatic carbocycles. The average Bonchev–Trinajstić information content (AvgIpc) is 2.42. The minimum Gasteiger partial charge on any atom is -0.478 e. The number of benzene rings is 1. The van der Waals surface area contributed by atoms with E-state index in [0.29, 0.717) is 0 Å². The van der Waals surface area contributed by atoms with Crippen molar-refractivity contribution in [2.75, 3.05) is 31.0 Å². The summed E-state index contributed by atoms with van der Waals surface area (Å²) in [6.45, 7) is 0.849. The van der Waals surface area contributed by atoms with Gasteiger partial charge in [-0.2, -0.15) is 12.7 Å². The van der Waals surface area contributed by atoms with Crippen LogP contribution in [0.4, 0.5) is 10.1 Å². The van der Waals surface area contributed by atoms with E-state index in [1.165, 1.54) is 0 Å². The summed E-state index contributed by atoms with van der Waals surface area (Å²) < 4.78 is 45.8. The highest BCUT2D eigenvalue weighted by atomic mass is 32.2. The Morgan fingerprint density at radius 2 is 2.00 bits per heavy atom. The minimum absolute atomic E-state index is 0.162. The summed E-state index contributed by atoms with van der Waals surface area (Å²) in [5.41, 5.74) is -0.595. The summed E-state index contributed by atoms with van der Waals surface area (Å²) in [6, 6.07) is 2.90. The summed E-state index contributed by atoms with van der Waals surface area (Å²) >= 11 is 0. The van der Waals surface area contributed by atoms with Crippen molar-refractivity contribution in [3.63, 3.8) is 0 Å². The van der Waals surface area contributed by atoms with Gasteiger partial charge < -0.3 is 9.84 Å². The van der Waals surface area contributed by atoms with E-state index in [0.717, 1.165) is 22.5 Å². The largest absolute Gasteiger partial charge is 0.478 e. The SMILES string of the molecule is O=C(O)c1ccc(F)c(NS(=O)(=O)N2CCOCC2)c1. The molecule has 0 bridgehead atoms. The standard InChI is InChI=1S/C11H13FN2O5S/c12-9-2-1-8(11(15)16)7-10(9)13-20(17,18)14-3-5-19-6-4-14/h1-2,7,13H,3-6H2,(H,15,16). The Hall–Kier alpha value is -1.71. The Kier molecular flexibility index (Phi) is 4.21. The van der Waals surface area contributed by atoms with Crippen LogP contribution in [0.2, 0.25) is 0 Å². The summed E-state index contributed by atoms with van der Waals surface area (Å²) in [4.78, 5) is 10.8. The lowest BCUT2D eigenvalue weighted by molar-refractivity contribution is 0.0697. The third kappa shape index (κ3) is 3.24. The quantitative estimate of drug-likeness (QED) is 0.845. The van der Waals surface area contributed by atoms with Crippen LogP contribution >= 0.6 is 0 Å². The number of aromatic carboxylic acids is 1. The van der Waals surface area contributed by atoms with Crippen molar-refractivity contribution in [3.05, 3.63) is 29.6 Å². The fraction of sp³-hybridized carbons (Fsp3) is 0.364. The van der Waals surface area contributed by atoms with E-state index in [1.807, 2.05) is 0 Å². The molecule has 1 heterocycles. The number of rotatable bonds is 4. The Morgan fingerprint density at radius 1 is 1.35 bits per heavy atom. The molecule has 110 valence electrons. The Morgan fingerprint density at radius 3 is 2.60 bits per heavy atom. The molecule has 0 radical (unpaired) electrons. The first-order valence-electron chi connectivity index (χ1n) is 5.78. The average molecular weight is 304 g/mol. The first kappa shape index (κ1) is 14.7. The lowest BCUT2D eigenvalue weighted by Crippen LogP contribution is -2.43. The molecule has 1 aliphatic heterocycles. The molecule has 9 heteroatoms. The number of ether oxygens (including phenoxy) is 1. The van der Waals surface area contributed by atoms with Crippen LogP contribution in [0.5, 0.6) is 0 Å². The van der Waals surface area contributed by atoms with Gasteiger partial charge in [0.05, 0.1) is 24.5 Å². The molecule has 7 nitrogen and oxygen atoms in total. The minimum atomic E-state index is -3.93. The molecule has 0 atom stereocenters. The number of halogens is 1. The van der Waals surface area contributed by atoms with Gasteiger partial charge in [0.15, 0.2) is 0 Å². The van der Waals surface area contributed by atoms with E-state index < -0.39 is 27.7 Å². The molecule has 1 aliphatic rings. The number of anilines is 1. The second-order valence-electron chi connectivity index (χ2n) is 4.12. The molecule has 1 aromatic rings. The van der Waals surface area contributed by atoms with Gasteiger partial charge in [0.2, 0.25) is 0 Å². The number of carboxylic acid groups (broad SMARTS) is 1. The number of hydrogen-bond acceptors (Lipinski definition) is 4. The zero-order valence-electron chi connectivity index (χ0n) is 10.4. The lowest BCUT2D eigenvalue weighted by atomic mass is 10.2. The Bertz CT molecular complexity index is 613. The smallest absolute Gasteiger partial charge is 0.335 e. The van der Waals surface area contributed by atoms with Crippen LogP contribution in [0.25, 0.3) is 0 Å². The maximum Gasteiger partial charge on any atom is 0.335 e. The van der Waals surface area contributed by atoms with E-state index in [-0.39, 0.29) is 31.9 Å². The molecule has 0 spiro atoms. The van der Waals surface area contributed by atoms with Gasteiger partial charge in [-0.1, -0.05) is 0 Å². The number of carbonyl (C=O) groups is 1. The number of nitrogens with zero attached hydrogens (tertiary/aromatic N) is 1. The number of hydrogen-bond donors (Lipinski definition) is 2. The fourth-order valence-electron chi connectivity index (χ4n) is 1.73. The molecule has 2 N–H and O–H groups in total. The van der Waals surface area contributed by atoms with Crippen molar-refractivity contribution >= 4 is 21.9 Å². The summed E-state index contributed by atoms with van der Waals surface area (Å²) in [6.07, 6.45) is 0. The van der Waals surface area contributed by atoms with Crippen LogP contribution in [0.1, 0.15) is 10.4 Å². The highest BCUT2D eigenvalue weighted by Gasteiger charge is 2.25. The van der Waals surface area contributed by atoms with Crippen molar-refractivity contribution in [3.8, 4) is 0 Å². The second kappa shape index (κ2) is 5.73. The predicted molar refractivity (Wildman–Crippen MR) is 68.3 cm³/mol. The van der Waals surface area contributed by atoms with E-state index in [4.69, 9.17) is 9.84 Å². The van der Waals surface area contributed by atoms with Gasteiger partial charge in [-0.3, -0.25) is 4.72 Å². The number of carboxylic acids is 1. The third-order valence-electron chi connectivity index (χ3n) is 2.76. The summed E-state index contributed by atoms with van der Waals surface area (Å²) in [7, 11) is -3.93. The first-order chi connectivity index (χ1) is 9.40. The first-order valence-corrected chi connectivity index (χ1v) is 7.22. The molecule has 0 amide bonds. The maximum atomic E-state index is 13.6. The molecule has 0 aromatic heterocycles. The van der Waals surface area contributed by atoms with E-state index in [2.05, 4.69) is 4.72 Å². The summed E-state index contributed by atoms with van der Waals surface area (Å²) in [5.74, 6) is -2.11. The highest BCUT2D eigenvalue weighted by molar-refractivity contribution is 7.90. The van der Waals surface area contributed by atoms with Crippen LogP contribution < -0.4 is 4.72 Å². The third-order valence-corrected chi connectivity index (χ3v) is 4.29. The van der Waals surface area contributed by atoms with Crippen LogP contribution in [0.3, 0.4) is 0 Å².